The molecule has 10 N–H and O–H groups in total. The first-order valence-corrected chi connectivity index (χ1v) is 20.5. The minimum Gasteiger partial charge on any atom is -0.478 e. The van der Waals surface area contributed by atoms with Crippen molar-refractivity contribution in [3.05, 3.63) is 135 Å². The largest absolute Gasteiger partial charge is 0.478 e. The van der Waals surface area contributed by atoms with Gasteiger partial charge in [0.25, 0.3) is 0 Å². The van der Waals surface area contributed by atoms with Crippen LogP contribution in [0.15, 0.2) is 107 Å². The highest BCUT2D eigenvalue weighted by Crippen LogP contribution is 2.32. The van der Waals surface area contributed by atoms with Gasteiger partial charge in [0.05, 0.1) is 23.0 Å². The number of carbonyl (C=O) groups is 2. The number of rotatable bonds is 12. The minimum absolute atomic E-state index is 0.0195. The van der Waals surface area contributed by atoms with E-state index in [2.05, 4.69) is 95.4 Å². The van der Waals surface area contributed by atoms with Crippen LogP contribution >= 0.6 is 0 Å². The molecule has 0 fully saturated rings. The molecule has 5 heterocycles. The molecule has 0 spiro atoms. The fourth-order valence-corrected chi connectivity index (χ4v) is 7.57. The van der Waals surface area contributed by atoms with Crippen molar-refractivity contribution in [2.24, 2.45) is 0 Å². The molecule has 1 aliphatic heterocycles. The maximum atomic E-state index is 12.2. The molecule has 0 aliphatic carbocycles. The Labute approximate surface area is 368 Å². The third-order valence-corrected chi connectivity index (χ3v) is 10.5. The number of fused-ring (bicyclic) bond motifs is 5. The lowest BCUT2D eigenvalue weighted by Crippen LogP contribution is -2.16. The summed E-state index contributed by atoms with van der Waals surface area (Å²) in [6.07, 6.45) is 0.348. The van der Waals surface area contributed by atoms with E-state index < -0.39 is 11.7 Å². The number of aromatic amines is 3. The smallest absolute Gasteiger partial charge is 0.351 e. The number of nitrogens with zero attached hydrogens (tertiary/aromatic N) is 6. The number of imidazole rings is 1. The summed E-state index contributed by atoms with van der Waals surface area (Å²) in [5, 5.41) is 29.9. The van der Waals surface area contributed by atoms with E-state index in [0.717, 1.165) is 51.0 Å². The zero-order chi connectivity index (χ0) is 45.2. The molecule has 65 heavy (non-hydrogen) atoms. The number of hydrogen-bond acceptors (Lipinski definition) is 14. The zero-order valence-electron chi connectivity index (χ0n) is 35.1. The van der Waals surface area contributed by atoms with Crippen molar-refractivity contribution in [2.75, 3.05) is 38.4 Å². The topological polar surface area (TPSA) is 277 Å². The Morgan fingerprint density at radius 3 is 2.08 bits per heavy atom. The monoisotopic (exact) mass is 871 g/mol. The van der Waals surface area contributed by atoms with E-state index in [1.807, 2.05) is 61.5 Å². The quantitative estimate of drug-likeness (QED) is 0.0579. The molecule has 9 aromatic rings. The van der Waals surface area contributed by atoms with E-state index in [4.69, 9.17) is 0 Å². The van der Waals surface area contributed by atoms with Gasteiger partial charge in [-0.3, -0.25) is 9.78 Å². The molecule has 0 atom stereocenters. The molecule has 0 saturated carbocycles. The number of para-hydroxylation sites is 1. The number of carboxylic acids is 1. The number of carboxylic acid groups (broad SMARTS) is 1. The number of hydrogen-bond donors (Lipinski definition) is 10. The Kier molecular flexibility index (Phi) is 11.0. The van der Waals surface area contributed by atoms with Gasteiger partial charge in [-0.2, -0.15) is 24.9 Å². The number of aromatic nitrogens is 9. The van der Waals surface area contributed by atoms with E-state index in [9.17, 15) is 24.3 Å². The minimum atomic E-state index is -1.03. The van der Waals surface area contributed by atoms with Gasteiger partial charge >= 0.3 is 17.3 Å². The molecule has 326 valence electrons. The average molecular weight is 872 g/mol. The van der Waals surface area contributed by atoms with Crippen LogP contribution in [0, 0.1) is 6.92 Å². The summed E-state index contributed by atoms with van der Waals surface area (Å²) in [6, 6.07) is 30.1. The fraction of sp³-hybridized carbons (Fsp3) is 0.133. The molecule has 20 heteroatoms. The van der Waals surface area contributed by atoms with Crippen LogP contribution in [0.4, 0.5) is 58.2 Å². The van der Waals surface area contributed by atoms with E-state index in [1.54, 1.807) is 31.2 Å². The van der Waals surface area contributed by atoms with Crippen molar-refractivity contribution in [3.8, 4) is 0 Å². The molecule has 4 aromatic heterocycles. The SMILES string of the molecule is CCNc1nc(Nc2ccc3c(c2)CC(=O)N3)nc(Nc2ccc3[nH]c(=O)[nH]c3c2)n1.CCn1c2ccccc2c2cc(Nc3nc(Nc4ccc(C)c(C(=O)O)c4)nc(=O)[nH]3)ccc21. The lowest BCUT2D eigenvalue weighted by molar-refractivity contribution is -0.115. The molecule has 0 unspecified atom stereocenters. The molecule has 1 amide bonds. The predicted molar refractivity (Wildman–Crippen MR) is 251 cm³/mol. The van der Waals surface area contributed by atoms with Gasteiger partial charge in [-0.05, 0) is 105 Å². The number of amides is 1. The van der Waals surface area contributed by atoms with Crippen LogP contribution in [0.1, 0.15) is 35.3 Å². The Balaban J connectivity index is 0.000000165. The Bertz CT molecular complexity index is 3430. The first kappa shape index (κ1) is 41.3. The number of aryl methyl sites for hydroxylation is 2. The molecule has 0 radical (unpaired) electrons. The summed E-state index contributed by atoms with van der Waals surface area (Å²) in [7, 11) is 0. The maximum absolute atomic E-state index is 12.2. The van der Waals surface area contributed by atoms with Crippen molar-refractivity contribution in [1.82, 2.24) is 44.4 Å². The highest BCUT2D eigenvalue weighted by molar-refractivity contribution is 6.09. The number of benzene rings is 5. The van der Waals surface area contributed by atoms with E-state index in [1.165, 1.54) is 6.07 Å². The van der Waals surface area contributed by atoms with Crippen LogP contribution in [0.25, 0.3) is 32.8 Å². The van der Waals surface area contributed by atoms with E-state index in [-0.39, 0.29) is 29.1 Å². The molecule has 20 nitrogen and oxygen atoms in total. The second kappa shape index (κ2) is 17.4. The molecule has 5 aromatic carbocycles. The second-order valence-corrected chi connectivity index (χ2v) is 14.9. The van der Waals surface area contributed by atoms with Crippen LogP contribution in [0.3, 0.4) is 0 Å². The van der Waals surface area contributed by atoms with Crippen molar-refractivity contribution in [2.45, 2.75) is 33.7 Å². The second-order valence-electron chi connectivity index (χ2n) is 14.9. The van der Waals surface area contributed by atoms with Gasteiger partial charge in [-0.25, -0.2) is 14.4 Å². The van der Waals surface area contributed by atoms with Gasteiger partial charge in [-0.15, -0.1) is 0 Å². The van der Waals surface area contributed by atoms with Crippen LogP contribution < -0.4 is 43.3 Å². The van der Waals surface area contributed by atoms with E-state index in [0.29, 0.717) is 58.8 Å². The predicted octanol–water partition coefficient (Wildman–Crippen LogP) is 7.24. The lowest BCUT2D eigenvalue weighted by Gasteiger charge is -2.11. The van der Waals surface area contributed by atoms with Gasteiger partial charge in [0.15, 0.2) is 0 Å². The van der Waals surface area contributed by atoms with Gasteiger partial charge in [-0.1, -0.05) is 24.3 Å². The van der Waals surface area contributed by atoms with Gasteiger partial charge in [0, 0.05) is 63.3 Å². The van der Waals surface area contributed by atoms with Crippen molar-refractivity contribution in [1.29, 1.82) is 0 Å². The van der Waals surface area contributed by atoms with Crippen LogP contribution in [0.5, 0.6) is 0 Å². The molecule has 0 bridgehead atoms. The summed E-state index contributed by atoms with van der Waals surface area (Å²) in [4.78, 5) is 76.1. The summed E-state index contributed by atoms with van der Waals surface area (Å²) in [5.41, 5.74) is 8.06. The van der Waals surface area contributed by atoms with Crippen LogP contribution in [0.2, 0.25) is 0 Å². The Morgan fingerprint density at radius 2 is 1.31 bits per heavy atom. The van der Waals surface area contributed by atoms with Gasteiger partial charge < -0.3 is 51.5 Å². The Hall–Kier alpha value is -9.07. The van der Waals surface area contributed by atoms with Crippen molar-refractivity contribution >= 4 is 103 Å². The number of anilines is 10. The first-order chi connectivity index (χ1) is 31.5. The number of aromatic carboxylic acids is 1. The van der Waals surface area contributed by atoms with Crippen molar-refractivity contribution < 1.29 is 14.7 Å². The fourth-order valence-electron chi connectivity index (χ4n) is 7.57. The third kappa shape index (κ3) is 8.98. The standard InChI is InChI=1S/C25H22N6O3.C20H19N9O2/c1-3-31-20-7-5-4-6-17(20)19-13-16(10-11-21(19)31)27-24-28-23(29-25(34)30-24)26-15-9-8-14(2)18(12-15)22(32)33;1-2-21-17-27-18(22-11-3-5-13-10(7-11)8-16(30)24-13)29-19(28-17)23-12-4-6-14-15(9-12)26-20(31)25-14/h4-13H,3H2,1-2H3,(H,32,33)(H3,26,27,28,29,30,34);3-7,9H,2,8H2,1H3,(H,24,30)(H2,25,26,31)(H3,21,22,23,27,28,29). The number of carbonyl (C=O) groups excluding carboxylic acids is 1. The van der Waals surface area contributed by atoms with Gasteiger partial charge in [0.2, 0.25) is 35.6 Å². The third-order valence-electron chi connectivity index (χ3n) is 10.5. The lowest BCUT2D eigenvalue weighted by atomic mass is 10.1. The normalized spacial score (nSPS) is 11.8. The molecule has 0 saturated heterocycles. The number of nitrogens with one attached hydrogen (secondary N) is 9. The first-order valence-electron chi connectivity index (χ1n) is 20.5. The summed E-state index contributed by atoms with van der Waals surface area (Å²) < 4.78 is 2.26. The highest BCUT2D eigenvalue weighted by Gasteiger charge is 2.18. The highest BCUT2D eigenvalue weighted by atomic mass is 16.4. The summed E-state index contributed by atoms with van der Waals surface area (Å²) in [6.45, 7) is 7.28. The van der Waals surface area contributed by atoms with E-state index >= 15 is 0 Å². The van der Waals surface area contributed by atoms with Crippen LogP contribution in [-0.2, 0) is 17.8 Å². The molecular weight excluding hydrogens is 831 g/mol. The number of H-pyrrole nitrogens is 3. The maximum Gasteiger partial charge on any atom is 0.351 e. The zero-order valence-corrected chi connectivity index (χ0v) is 35.1. The average Bonchev–Trinajstić information content (AvgIpc) is 3.94. The van der Waals surface area contributed by atoms with Gasteiger partial charge in [0.1, 0.15) is 0 Å². The molecular formula is C45H41N15O5. The molecule has 10 rings (SSSR count). The van der Waals surface area contributed by atoms with Crippen LogP contribution in [-0.4, -0.2) is 68.0 Å². The Morgan fingerprint density at radius 1 is 0.662 bits per heavy atom. The summed E-state index contributed by atoms with van der Waals surface area (Å²) in [5.74, 6) is 0.313. The molecule has 1 aliphatic rings. The summed E-state index contributed by atoms with van der Waals surface area (Å²) >= 11 is 0. The van der Waals surface area contributed by atoms with Crippen molar-refractivity contribution in [3.63, 3.8) is 0 Å².